The van der Waals surface area contributed by atoms with Crippen molar-refractivity contribution in [2.75, 3.05) is 13.2 Å². The molecule has 2 aromatic rings. The summed E-state index contributed by atoms with van der Waals surface area (Å²) in [5, 5.41) is 0. The maximum atomic E-state index is 13.2. The van der Waals surface area contributed by atoms with Crippen LogP contribution in [0.15, 0.2) is 66.2 Å². The number of hydrogen-bond donors (Lipinski definition) is 0. The van der Waals surface area contributed by atoms with E-state index in [1.807, 2.05) is 63.2 Å². The molecule has 1 aliphatic heterocycles. The second-order valence-electron chi connectivity index (χ2n) is 8.51. The smallest absolute Gasteiger partial charge is 0.188 e. The Morgan fingerprint density at radius 3 is 2.53 bits per heavy atom. The molecule has 4 nitrogen and oxygen atoms in total. The SMILES string of the molecule is CCOC1CCCC(C(=O)c2ccc(OC(C)C)cc2)=CCCOC(c2ccccc2)C1. The Morgan fingerprint density at radius 1 is 1.09 bits per heavy atom. The molecule has 0 fully saturated rings. The first-order chi connectivity index (χ1) is 15.6. The molecule has 1 heterocycles. The van der Waals surface area contributed by atoms with Gasteiger partial charge in [-0.15, -0.1) is 0 Å². The minimum Gasteiger partial charge on any atom is -0.491 e. The van der Waals surface area contributed by atoms with Crippen molar-refractivity contribution < 1.29 is 19.0 Å². The number of carbonyl (C=O) groups excluding carboxylic acids is 1. The van der Waals surface area contributed by atoms with Crippen LogP contribution in [0.1, 0.15) is 74.9 Å². The summed E-state index contributed by atoms with van der Waals surface area (Å²) in [7, 11) is 0. The lowest BCUT2D eigenvalue weighted by molar-refractivity contribution is -0.0170. The molecule has 2 unspecified atom stereocenters. The fraction of sp³-hybridized carbons (Fsp3) is 0.464. The van der Waals surface area contributed by atoms with Crippen molar-refractivity contribution >= 4 is 5.78 Å². The van der Waals surface area contributed by atoms with E-state index in [4.69, 9.17) is 14.2 Å². The number of benzene rings is 2. The summed E-state index contributed by atoms with van der Waals surface area (Å²) in [6, 6.07) is 17.8. The van der Waals surface area contributed by atoms with Gasteiger partial charge in [-0.2, -0.15) is 0 Å². The number of allylic oxidation sites excluding steroid dienone is 1. The average Bonchev–Trinajstić information content (AvgIpc) is 2.84. The fourth-order valence-corrected chi connectivity index (χ4v) is 4.13. The van der Waals surface area contributed by atoms with Gasteiger partial charge in [0.2, 0.25) is 0 Å². The third kappa shape index (κ3) is 7.32. The molecule has 0 N–H and O–H groups in total. The molecule has 0 saturated heterocycles. The summed E-state index contributed by atoms with van der Waals surface area (Å²) in [5.74, 6) is 0.876. The van der Waals surface area contributed by atoms with E-state index in [-0.39, 0.29) is 24.1 Å². The zero-order valence-electron chi connectivity index (χ0n) is 19.6. The molecular formula is C28H36O4. The second-order valence-corrected chi connectivity index (χ2v) is 8.51. The molecule has 4 heteroatoms. The Kier molecular flexibility index (Phi) is 9.51. The molecule has 2 atom stereocenters. The summed E-state index contributed by atoms with van der Waals surface area (Å²) in [6.45, 7) is 7.28. The van der Waals surface area contributed by atoms with Crippen LogP contribution < -0.4 is 4.74 Å². The maximum Gasteiger partial charge on any atom is 0.188 e. The van der Waals surface area contributed by atoms with Crippen LogP contribution in [-0.4, -0.2) is 31.2 Å². The Hall–Kier alpha value is -2.43. The molecule has 0 amide bonds. The van der Waals surface area contributed by atoms with Gasteiger partial charge in [0.25, 0.3) is 0 Å². The van der Waals surface area contributed by atoms with Crippen LogP contribution in [0.25, 0.3) is 0 Å². The highest BCUT2D eigenvalue weighted by atomic mass is 16.5. The zero-order valence-corrected chi connectivity index (χ0v) is 19.6. The van der Waals surface area contributed by atoms with Crippen LogP contribution >= 0.6 is 0 Å². The minimum atomic E-state index is 0.00639. The van der Waals surface area contributed by atoms with Gasteiger partial charge in [0, 0.05) is 18.6 Å². The standard InChI is InChI=1S/C28H36O4/c1-4-30-26-14-8-12-23(28(29)24-15-17-25(18-16-24)32-21(2)3)13-9-19-31-27(20-26)22-10-6-5-7-11-22/h5-7,10-11,13,15-18,21,26-27H,4,8-9,12,14,19-20H2,1-3H3. The Balaban J connectivity index is 1.72. The summed E-state index contributed by atoms with van der Waals surface area (Å²) < 4.78 is 18.0. The van der Waals surface area contributed by atoms with Gasteiger partial charge in [-0.25, -0.2) is 0 Å². The normalized spacial score (nSPS) is 20.3. The van der Waals surface area contributed by atoms with Crippen molar-refractivity contribution in [1.29, 1.82) is 0 Å². The number of carbonyl (C=O) groups is 1. The number of Topliss-reactive ketones (excluding diaryl/α,β-unsaturated/α-hetero) is 1. The Morgan fingerprint density at radius 2 is 1.84 bits per heavy atom. The van der Waals surface area contributed by atoms with Crippen LogP contribution in [0.3, 0.4) is 0 Å². The summed E-state index contributed by atoms with van der Waals surface area (Å²) >= 11 is 0. The van der Waals surface area contributed by atoms with Gasteiger partial charge in [0.15, 0.2) is 5.78 Å². The van der Waals surface area contributed by atoms with Crippen molar-refractivity contribution in [2.24, 2.45) is 0 Å². The molecule has 0 spiro atoms. The second kappa shape index (κ2) is 12.6. The summed E-state index contributed by atoms with van der Waals surface area (Å²) in [4.78, 5) is 13.2. The van der Waals surface area contributed by atoms with E-state index in [2.05, 4.69) is 18.2 Å². The molecule has 0 saturated carbocycles. The highest BCUT2D eigenvalue weighted by molar-refractivity contribution is 6.08. The molecular weight excluding hydrogens is 400 g/mol. The fourth-order valence-electron chi connectivity index (χ4n) is 4.13. The molecule has 0 aromatic heterocycles. The minimum absolute atomic E-state index is 0.00639. The number of hydrogen-bond acceptors (Lipinski definition) is 4. The van der Waals surface area contributed by atoms with Crippen LogP contribution in [-0.2, 0) is 9.47 Å². The average molecular weight is 437 g/mol. The van der Waals surface area contributed by atoms with E-state index in [9.17, 15) is 4.79 Å². The van der Waals surface area contributed by atoms with Gasteiger partial charge < -0.3 is 14.2 Å². The van der Waals surface area contributed by atoms with Gasteiger partial charge in [0.1, 0.15) is 5.75 Å². The third-order valence-electron chi connectivity index (χ3n) is 5.63. The van der Waals surface area contributed by atoms with Gasteiger partial charge in [0.05, 0.1) is 24.9 Å². The number of rotatable bonds is 7. The van der Waals surface area contributed by atoms with Gasteiger partial charge in [-0.3, -0.25) is 4.79 Å². The van der Waals surface area contributed by atoms with Crippen LogP contribution in [0.4, 0.5) is 0 Å². The van der Waals surface area contributed by atoms with Gasteiger partial charge in [-0.1, -0.05) is 36.4 Å². The van der Waals surface area contributed by atoms with Crippen molar-refractivity contribution in [3.8, 4) is 5.75 Å². The predicted molar refractivity (Wildman–Crippen MR) is 128 cm³/mol. The summed E-state index contributed by atoms with van der Waals surface area (Å²) in [6.07, 6.45) is 6.42. The first-order valence-corrected chi connectivity index (χ1v) is 11.9. The topological polar surface area (TPSA) is 44.8 Å². The lowest BCUT2D eigenvalue weighted by Crippen LogP contribution is -2.19. The van der Waals surface area contributed by atoms with Crippen molar-refractivity contribution in [2.45, 2.75) is 71.2 Å². The van der Waals surface area contributed by atoms with E-state index < -0.39 is 0 Å². The molecule has 1 aliphatic rings. The molecule has 172 valence electrons. The van der Waals surface area contributed by atoms with Crippen LogP contribution in [0.2, 0.25) is 0 Å². The number of ketones is 1. The summed E-state index contributed by atoms with van der Waals surface area (Å²) in [5.41, 5.74) is 2.74. The monoisotopic (exact) mass is 436 g/mol. The highest BCUT2D eigenvalue weighted by Gasteiger charge is 2.21. The lowest BCUT2D eigenvalue weighted by Gasteiger charge is -2.24. The van der Waals surface area contributed by atoms with Crippen molar-refractivity contribution in [1.82, 2.24) is 0 Å². The molecule has 3 rings (SSSR count). The van der Waals surface area contributed by atoms with E-state index >= 15 is 0 Å². The van der Waals surface area contributed by atoms with Gasteiger partial charge >= 0.3 is 0 Å². The predicted octanol–water partition coefficient (Wildman–Crippen LogP) is 6.71. The highest BCUT2D eigenvalue weighted by Crippen LogP contribution is 2.28. The Labute approximate surface area is 192 Å². The third-order valence-corrected chi connectivity index (χ3v) is 5.63. The quantitative estimate of drug-likeness (QED) is 0.453. The van der Waals surface area contributed by atoms with Gasteiger partial charge in [-0.05, 0) is 81.9 Å². The van der Waals surface area contributed by atoms with Crippen LogP contribution in [0.5, 0.6) is 5.75 Å². The zero-order chi connectivity index (χ0) is 22.8. The van der Waals surface area contributed by atoms with E-state index in [1.54, 1.807) is 0 Å². The first kappa shape index (κ1) is 24.2. The molecule has 0 bridgehead atoms. The Bertz CT molecular complexity index is 855. The van der Waals surface area contributed by atoms with E-state index in [1.165, 1.54) is 5.56 Å². The molecule has 32 heavy (non-hydrogen) atoms. The van der Waals surface area contributed by atoms with E-state index in [0.29, 0.717) is 18.8 Å². The van der Waals surface area contributed by atoms with Crippen LogP contribution in [0, 0.1) is 0 Å². The maximum absolute atomic E-state index is 13.2. The molecule has 2 aromatic carbocycles. The first-order valence-electron chi connectivity index (χ1n) is 11.9. The lowest BCUT2D eigenvalue weighted by atomic mass is 9.95. The number of ether oxygens (including phenoxy) is 3. The van der Waals surface area contributed by atoms with Crippen molar-refractivity contribution in [3.05, 3.63) is 77.4 Å². The largest absolute Gasteiger partial charge is 0.491 e. The molecule has 0 radical (unpaired) electrons. The van der Waals surface area contributed by atoms with Crippen molar-refractivity contribution in [3.63, 3.8) is 0 Å². The molecule has 0 aliphatic carbocycles. The van der Waals surface area contributed by atoms with E-state index in [0.717, 1.165) is 43.4 Å².